The molecular formula is C15H18N2O4. The molecule has 2 rings (SSSR count). The van der Waals surface area contributed by atoms with Crippen LogP contribution in [-0.4, -0.2) is 36.8 Å². The zero-order valence-corrected chi connectivity index (χ0v) is 12.0. The van der Waals surface area contributed by atoms with Crippen LogP contribution in [0, 0.1) is 0 Å². The Morgan fingerprint density at radius 2 is 2.10 bits per heavy atom. The molecule has 6 nitrogen and oxygen atoms in total. The van der Waals surface area contributed by atoms with Crippen molar-refractivity contribution in [1.29, 1.82) is 0 Å². The SMILES string of the molecule is CCOC(=O)N[C@H](Cc1c[nH]c2ccccc12)C(=O)OC. The van der Waals surface area contributed by atoms with E-state index in [0.29, 0.717) is 6.42 Å². The fourth-order valence-corrected chi connectivity index (χ4v) is 2.17. The van der Waals surface area contributed by atoms with Gasteiger partial charge >= 0.3 is 12.1 Å². The highest BCUT2D eigenvalue weighted by molar-refractivity contribution is 5.86. The van der Waals surface area contributed by atoms with E-state index in [9.17, 15) is 9.59 Å². The second-order valence-corrected chi connectivity index (χ2v) is 4.50. The van der Waals surface area contributed by atoms with Crippen LogP contribution in [0.25, 0.3) is 10.9 Å². The Kier molecular flexibility index (Phi) is 4.81. The molecule has 1 amide bonds. The minimum Gasteiger partial charge on any atom is -0.467 e. The number of alkyl carbamates (subject to hydrolysis) is 1. The molecule has 1 heterocycles. The van der Waals surface area contributed by atoms with Gasteiger partial charge in [-0.2, -0.15) is 0 Å². The van der Waals surface area contributed by atoms with Crippen LogP contribution in [0.4, 0.5) is 4.79 Å². The highest BCUT2D eigenvalue weighted by Gasteiger charge is 2.23. The number of ether oxygens (including phenoxy) is 2. The molecule has 1 aromatic heterocycles. The number of nitrogens with one attached hydrogen (secondary N) is 2. The number of amides is 1. The molecule has 1 aromatic carbocycles. The monoisotopic (exact) mass is 290 g/mol. The second kappa shape index (κ2) is 6.78. The third-order valence-corrected chi connectivity index (χ3v) is 3.15. The number of aromatic amines is 1. The summed E-state index contributed by atoms with van der Waals surface area (Å²) < 4.78 is 9.54. The smallest absolute Gasteiger partial charge is 0.407 e. The fraction of sp³-hybridized carbons (Fsp3) is 0.333. The van der Waals surface area contributed by atoms with E-state index < -0.39 is 18.1 Å². The summed E-state index contributed by atoms with van der Waals surface area (Å²) in [6.45, 7) is 1.94. The van der Waals surface area contributed by atoms with E-state index >= 15 is 0 Å². The molecule has 0 spiro atoms. The van der Waals surface area contributed by atoms with Crippen molar-refractivity contribution in [3.8, 4) is 0 Å². The largest absolute Gasteiger partial charge is 0.467 e. The van der Waals surface area contributed by atoms with Crippen LogP contribution in [0.5, 0.6) is 0 Å². The molecule has 2 N–H and O–H groups in total. The van der Waals surface area contributed by atoms with Crippen LogP contribution in [0.15, 0.2) is 30.5 Å². The number of fused-ring (bicyclic) bond motifs is 1. The van der Waals surface area contributed by atoms with Gasteiger partial charge in [-0.05, 0) is 18.6 Å². The number of carbonyl (C=O) groups excluding carboxylic acids is 2. The number of hydrogen-bond acceptors (Lipinski definition) is 4. The quantitative estimate of drug-likeness (QED) is 0.825. The number of methoxy groups -OCH3 is 1. The molecule has 0 fully saturated rings. The standard InChI is InChI=1S/C15H18N2O4/c1-3-21-15(19)17-13(14(18)20-2)8-10-9-16-12-7-5-4-6-11(10)12/h4-7,9,13,16H,3,8H2,1-2H3,(H,17,19)/t13-/m1/s1. The Hall–Kier alpha value is -2.50. The van der Waals surface area contributed by atoms with E-state index in [0.717, 1.165) is 16.5 Å². The molecular weight excluding hydrogens is 272 g/mol. The fourth-order valence-electron chi connectivity index (χ4n) is 2.17. The molecule has 0 saturated carbocycles. The molecule has 0 bridgehead atoms. The molecule has 112 valence electrons. The highest BCUT2D eigenvalue weighted by Crippen LogP contribution is 2.19. The summed E-state index contributed by atoms with van der Waals surface area (Å²) in [4.78, 5) is 26.5. The van der Waals surface area contributed by atoms with Gasteiger partial charge in [-0.3, -0.25) is 0 Å². The van der Waals surface area contributed by atoms with Gasteiger partial charge in [0.15, 0.2) is 0 Å². The zero-order valence-electron chi connectivity index (χ0n) is 12.0. The summed E-state index contributed by atoms with van der Waals surface area (Å²) in [6.07, 6.45) is 1.52. The summed E-state index contributed by atoms with van der Waals surface area (Å²) in [5.74, 6) is -0.506. The van der Waals surface area contributed by atoms with Crippen LogP contribution in [0.1, 0.15) is 12.5 Å². The predicted octanol–water partition coefficient (Wildman–Crippen LogP) is 2.00. The molecule has 0 aliphatic carbocycles. The maximum atomic E-state index is 11.8. The molecule has 0 aliphatic heterocycles. The number of benzene rings is 1. The summed E-state index contributed by atoms with van der Waals surface area (Å²) in [5.41, 5.74) is 1.91. The highest BCUT2D eigenvalue weighted by atomic mass is 16.6. The number of carbonyl (C=O) groups is 2. The second-order valence-electron chi connectivity index (χ2n) is 4.50. The molecule has 0 radical (unpaired) electrons. The lowest BCUT2D eigenvalue weighted by atomic mass is 10.1. The van der Waals surface area contributed by atoms with Crippen LogP contribution < -0.4 is 5.32 Å². The van der Waals surface area contributed by atoms with Gasteiger partial charge in [-0.15, -0.1) is 0 Å². The summed E-state index contributed by atoms with van der Waals surface area (Å²) in [6, 6.07) is 6.97. The summed E-state index contributed by atoms with van der Waals surface area (Å²) in [7, 11) is 1.29. The molecule has 21 heavy (non-hydrogen) atoms. The molecule has 1 atom stereocenters. The first kappa shape index (κ1) is 14.9. The average Bonchev–Trinajstić information content (AvgIpc) is 2.89. The van der Waals surface area contributed by atoms with E-state index in [4.69, 9.17) is 9.47 Å². The lowest BCUT2D eigenvalue weighted by Crippen LogP contribution is -2.43. The molecule has 0 unspecified atom stereocenters. The van der Waals surface area contributed by atoms with Crippen molar-refractivity contribution in [3.63, 3.8) is 0 Å². The normalized spacial score (nSPS) is 11.9. The van der Waals surface area contributed by atoms with Crippen molar-refractivity contribution < 1.29 is 19.1 Å². The number of hydrogen-bond donors (Lipinski definition) is 2. The summed E-state index contributed by atoms with van der Waals surface area (Å²) >= 11 is 0. The maximum absolute atomic E-state index is 11.8. The predicted molar refractivity (Wildman–Crippen MR) is 78.0 cm³/mol. The van der Waals surface area contributed by atoms with E-state index in [-0.39, 0.29) is 6.61 Å². The lowest BCUT2D eigenvalue weighted by molar-refractivity contribution is -0.142. The topological polar surface area (TPSA) is 80.4 Å². The van der Waals surface area contributed by atoms with Crippen LogP contribution >= 0.6 is 0 Å². The third-order valence-electron chi connectivity index (χ3n) is 3.15. The van der Waals surface area contributed by atoms with Gasteiger partial charge in [0.1, 0.15) is 6.04 Å². The third kappa shape index (κ3) is 3.53. The number of para-hydroxylation sites is 1. The van der Waals surface area contributed by atoms with Gasteiger partial charge in [-0.25, -0.2) is 9.59 Å². The minimum atomic E-state index is -0.784. The van der Waals surface area contributed by atoms with Gasteiger partial charge in [0, 0.05) is 23.5 Å². The Labute approximate surface area is 122 Å². The van der Waals surface area contributed by atoms with Crippen LogP contribution in [0.3, 0.4) is 0 Å². The first-order valence-corrected chi connectivity index (χ1v) is 6.71. The molecule has 0 aliphatic rings. The minimum absolute atomic E-state index is 0.243. The van der Waals surface area contributed by atoms with Gasteiger partial charge in [0.2, 0.25) is 0 Å². The van der Waals surface area contributed by atoms with Crippen LogP contribution in [0.2, 0.25) is 0 Å². The van der Waals surface area contributed by atoms with Crippen LogP contribution in [-0.2, 0) is 20.7 Å². The van der Waals surface area contributed by atoms with Gasteiger partial charge in [0.25, 0.3) is 0 Å². The summed E-state index contributed by atoms with van der Waals surface area (Å²) in [5, 5.41) is 3.53. The number of rotatable bonds is 5. The number of esters is 1. The van der Waals surface area contributed by atoms with Gasteiger partial charge in [-0.1, -0.05) is 18.2 Å². The van der Waals surface area contributed by atoms with Crippen molar-refractivity contribution >= 4 is 23.0 Å². The van der Waals surface area contributed by atoms with Crippen molar-refractivity contribution in [2.45, 2.75) is 19.4 Å². The van der Waals surface area contributed by atoms with Gasteiger partial charge in [0.05, 0.1) is 13.7 Å². The molecule has 2 aromatic rings. The molecule has 6 heteroatoms. The van der Waals surface area contributed by atoms with E-state index in [1.54, 1.807) is 6.92 Å². The first-order valence-electron chi connectivity index (χ1n) is 6.71. The van der Waals surface area contributed by atoms with E-state index in [1.807, 2.05) is 30.5 Å². The van der Waals surface area contributed by atoms with Crippen molar-refractivity contribution in [2.75, 3.05) is 13.7 Å². The van der Waals surface area contributed by atoms with Crippen molar-refractivity contribution in [1.82, 2.24) is 10.3 Å². The van der Waals surface area contributed by atoms with Crippen molar-refractivity contribution in [3.05, 3.63) is 36.0 Å². The Bertz CT molecular complexity index is 635. The Morgan fingerprint density at radius 1 is 1.33 bits per heavy atom. The first-order chi connectivity index (χ1) is 10.2. The van der Waals surface area contributed by atoms with Crippen molar-refractivity contribution in [2.24, 2.45) is 0 Å². The van der Waals surface area contributed by atoms with E-state index in [2.05, 4.69) is 10.3 Å². The maximum Gasteiger partial charge on any atom is 0.407 e. The molecule has 0 saturated heterocycles. The zero-order chi connectivity index (χ0) is 15.2. The Morgan fingerprint density at radius 3 is 2.81 bits per heavy atom. The van der Waals surface area contributed by atoms with E-state index in [1.165, 1.54) is 7.11 Å². The average molecular weight is 290 g/mol. The number of H-pyrrole nitrogens is 1. The Balaban J connectivity index is 2.18. The number of aromatic nitrogens is 1. The van der Waals surface area contributed by atoms with Gasteiger partial charge < -0.3 is 19.8 Å². The lowest BCUT2D eigenvalue weighted by Gasteiger charge is -2.15.